The minimum Gasteiger partial charge on any atom is -0.491 e. The third-order valence-corrected chi connectivity index (χ3v) is 7.96. The Morgan fingerprint density at radius 2 is 1.85 bits per heavy atom. The standard InChI is InChI=1S/C30H25BrClF3N2O4/c1-40-29(39)22-13-18-8-7-17(22)5-3-2-4-6-26-36-24-15-19(30(33,34)35)14-23(31)27(24)28(38)37(26)11-12-41-25-10-9-20(32)16-21(18)25/h7-10,13-16H,2-6,11-12H2,1H3. The fourth-order valence-corrected chi connectivity index (χ4v) is 5.86. The largest absolute Gasteiger partial charge is 0.491 e. The summed E-state index contributed by atoms with van der Waals surface area (Å²) in [6, 6.07) is 12.5. The van der Waals surface area contributed by atoms with Gasteiger partial charge >= 0.3 is 12.1 Å². The van der Waals surface area contributed by atoms with Crippen LogP contribution in [0.3, 0.4) is 0 Å². The van der Waals surface area contributed by atoms with E-state index >= 15 is 0 Å². The molecule has 0 aliphatic carbocycles. The number of hydrogen-bond donors (Lipinski definition) is 0. The molecular weight excluding hydrogens is 625 g/mol. The smallest absolute Gasteiger partial charge is 0.416 e. The zero-order chi connectivity index (χ0) is 29.3. The van der Waals surface area contributed by atoms with Gasteiger partial charge in [0, 0.05) is 21.5 Å². The predicted octanol–water partition coefficient (Wildman–Crippen LogP) is 7.63. The molecule has 0 spiro atoms. The Bertz CT molecular complexity index is 1700. The minimum absolute atomic E-state index is 0.0134. The number of carbonyl (C=O) groups excluding carboxylic acids is 1. The molecule has 2 aliphatic rings. The lowest BCUT2D eigenvalue weighted by Gasteiger charge is -2.18. The molecule has 4 aromatic rings. The molecule has 214 valence electrons. The lowest BCUT2D eigenvalue weighted by Crippen LogP contribution is -2.28. The van der Waals surface area contributed by atoms with Gasteiger partial charge in [-0.3, -0.25) is 9.36 Å². The van der Waals surface area contributed by atoms with E-state index in [4.69, 9.17) is 21.1 Å². The van der Waals surface area contributed by atoms with Crippen LogP contribution < -0.4 is 10.3 Å². The molecule has 0 amide bonds. The number of esters is 1. The van der Waals surface area contributed by atoms with Crippen molar-refractivity contribution in [2.24, 2.45) is 0 Å². The quantitative estimate of drug-likeness (QED) is 0.198. The molecule has 6 nitrogen and oxygen atoms in total. The van der Waals surface area contributed by atoms with Gasteiger partial charge in [-0.15, -0.1) is 0 Å². The van der Waals surface area contributed by atoms with Crippen molar-refractivity contribution >= 4 is 44.4 Å². The van der Waals surface area contributed by atoms with Crippen LogP contribution in [0.15, 0.2) is 57.8 Å². The first-order chi connectivity index (χ1) is 19.6. The van der Waals surface area contributed by atoms with Crippen LogP contribution in [0, 0.1) is 0 Å². The first kappa shape index (κ1) is 29.1. The van der Waals surface area contributed by atoms with Crippen molar-refractivity contribution in [3.05, 3.63) is 90.9 Å². The molecule has 0 fully saturated rings. The van der Waals surface area contributed by atoms with Gasteiger partial charge < -0.3 is 9.47 Å². The van der Waals surface area contributed by atoms with Gasteiger partial charge in [-0.25, -0.2) is 9.78 Å². The summed E-state index contributed by atoms with van der Waals surface area (Å²) in [6.45, 7) is 0.202. The van der Waals surface area contributed by atoms with Gasteiger partial charge in [0.25, 0.3) is 5.56 Å². The lowest BCUT2D eigenvalue weighted by molar-refractivity contribution is -0.137. The van der Waals surface area contributed by atoms with Gasteiger partial charge in [0.2, 0.25) is 0 Å². The van der Waals surface area contributed by atoms with Crippen LogP contribution in [-0.4, -0.2) is 29.2 Å². The Hall–Kier alpha value is -3.37. The Kier molecular flexibility index (Phi) is 8.42. The Morgan fingerprint density at radius 3 is 2.61 bits per heavy atom. The van der Waals surface area contributed by atoms with Crippen LogP contribution >= 0.6 is 27.5 Å². The molecule has 2 bridgehead atoms. The first-order valence-corrected chi connectivity index (χ1v) is 14.2. The van der Waals surface area contributed by atoms with Crippen molar-refractivity contribution in [3.8, 4) is 16.9 Å². The monoisotopic (exact) mass is 648 g/mol. The van der Waals surface area contributed by atoms with Crippen molar-refractivity contribution in [1.82, 2.24) is 9.55 Å². The van der Waals surface area contributed by atoms with E-state index in [1.807, 2.05) is 12.1 Å². The zero-order valence-electron chi connectivity index (χ0n) is 22.0. The van der Waals surface area contributed by atoms with Gasteiger partial charge in [-0.1, -0.05) is 30.2 Å². The number of benzene rings is 3. The highest BCUT2D eigenvalue weighted by atomic mass is 79.9. The number of fused-ring (bicyclic) bond motifs is 9. The highest BCUT2D eigenvalue weighted by Crippen LogP contribution is 2.36. The molecule has 0 saturated heterocycles. The van der Waals surface area contributed by atoms with Crippen LogP contribution in [0.25, 0.3) is 22.0 Å². The van der Waals surface area contributed by atoms with Gasteiger partial charge in [0.15, 0.2) is 0 Å². The summed E-state index contributed by atoms with van der Waals surface area (Å²) in [6.07, 6.45) is -1.44. The molecule has 0 unspecified atom stereocenters. The molecular formula is C30H25BrClF3N2O4. The van der Waals surface area contributed by atoms with Crippen LogP contribution in [0.2, 0.25) is 5.02 Å². The van der Waals surface area contributed by atoms with E-state index < -0.39 is 23.3 Å². The van der Waals surface area contributed by atoms with E-state index in [0.29, 0.717) is 52.5 Å². The zero-order valence-corrected chi connectivity index (χ0v) is 24.3. The molecule has 3 heterocycles. The second kappa shape index (κ2) is 11.9. The second-order valence-corrected chi connectivity index (χ2v) is 11.0. The number of aryl methyl sites for hydroxylation is 2. The highest BCUT2D eigenvalue weighted by molar-refractivity contribution is 9.10. The number of hydrogen-bond acceptors (Lipinski definition) is 5. The molecule has 0 N–H and O–H groups in total. The van der Waals surface area contributed by atoms with Crippen LogP contribution in [0.5, 0.6) is 5.75 Å². The van der Waals surface area contributed by atoms with Gasteiger partial charge in [0.1, 0.15) is 18.2 Å². The van der Waals surface area contributed by atoms with E-state index in [1.165, 1.54) is 11.7 Å². The summed E-state index contributed by atoms with van der Waals surface area (Å²) >= 11 is 9.47. The molecule has 41 heavy (non-hydrogen) atoms. The molecule has 0 radical (unpaired) electrons. The highest BCUT2D eigenvalue weighted by Gasteiger charge is 2.32. The fraction of sp³-hybridized carbons (Fsp3) is 0.300. The van der Waals surface area contributed by atoms with Crippen molar-refractivity contribution in [2.75, 3.05) is 13.7 Å². The Balaban J connectivity index is 1.59. The van der Waals surface area contributed by atoms with Crippen LogP contribution in [0.1, 0.15) is 46.6 Å². The summed E-state index contributed by atoms with van der Waals surface area (Å²) in [4.78, 5) is 30.7. The minimum atomic E-state index is -4.58. The predicted molar refractivity (Wildman–Crippen MR) is 154 cm³/mol. The van der Waals surface area contributed by atoms with Gasteiger partial charge in [-0.05, 0) is 82.7 Å². The van der Waals surface area contributed by atoms with E-state index in [1.54, 1.807) is 24.3 Å². The summed E-state index contributed by atoms with van der Waals surface area (Å²) in [7, 11) is 1.34. The van der Waals surface area contributed by atoms with E-state index in [2.05, 4.69) is 20.9 Å². The third-order valence-electron chi connectivity index (χ3n) is 7.10. The molecule has 1 aromatic heterocycles. The molecule has 2 aliphatic heterocycles. The second-order valence-electron chi connectivity index (χ2n) is 9.75. The average molecular weight is 650 g/mol. The molecule has 11 heteroatoms. The number of halogens is 5. The maximum absolute atomic E-state index is 13.6. The maximum Gasteiger partial charge on any atom is 0.416 e. The van der Waals surface area contributed by atoms with Crippen LogP contribution in [-0.2, 0) is 30.3 Å². The molecule has 6 rings (SSSR count). The average Bonchev–Trinajstić information content (AvgIpc) is 2.93. The number of aromatic nitrogens is 2. The SMILES string of the molecule is COC(=O)c1cc2ccc1CCCCCc1nc3cc(C(F)(F)F)cc(Br)c3c(=O)n1CCOc1ccc(Cl)cc1-2. The van der Waals surface area contributed by atoms with Crippen molar-refractivity contribution in [3.63, 3.8) is 0 Å². The summed E-state index contributed by atoms with van der Waals surface area (Å²) in [5.74, 6) is 0.435. The lowest BCUT2D eigenvalue weighted by atomic mass is 9.95. The summed E-state index contributed by atoms with van der Waals surface area (Å²) in [5, 5.41) is 0.559. The number of rotatable bonds is 1. The molecule has 0 atom stereocenters. The maximum atomic E-state index is 13.6. The topological polar surface area (TPSA) is 70.4 Å². The fourth-order valence-electron chi connectivity index (χ4n) is 5.07. The van der Waals surface area contributed by atoms with Crippen molar-refractivity contribution < 1.29 is 27.4 Å². The number of methoxy groups -OCH3 is 1. The van der Waals surface area contributed by atoms with Crippen molar-refractivity contribution in [2.45, 2.75) is 44.8 Å². The molecule has 0 saturated carbocycles. The summed E-state index contributed by atoms with van der Waals surface area (Å²) < 4.78 is 53.1. The summed E-state index contributed by atoms with van der Waals surface area (Å²) in [5.41, 5.74) is 1.33. The van der Waals surface area contributed by atoms with E-state index in [-0.39, 0.29) is 28.5 Å². The Labute approximate surface area is 247 Å². The first-order valence-electron chi connectivity index (χ1n) is 13.0. The van der Waals surface area contributed by atoms with E-state index in [0.717, 1.165) is 30.5 Å². The van der Waals surface area contributed by atoms with Gasteiger partial charge in [-0.2, -0.15) is 13.2 Å². The number of alkyl halides is 3. The van der Waals surface area contributed by atoms with Gasteiger partial charge in [0.05, 0.1) is 35.7 Å². The Morgan fingerprint density at radius 1 is 1.07 bits per heavy atom. The molecule has 3 aromatic carbocycles. The number of nitrogens with zero attached hydrogens (tertiary/aromatic N) is 2. The van der Waals surface area contributed by atoms with Crippen LogP contribution in [0.4, 0.5) is 13.2 Å². The van der Waals surface area contributed by atoms with E-state index in [9.17, 15) is 22.8 Å². The van der Waals surface area contributed by atoms with Crippen molar-refractivity contribution in [1.29, 1.82) is 0 Å². The third kappa shape index (κ3) is 6.13. The number of carbonyl (C=O) groups is 1. The number of ether oxygens (including phenoxy) is 2. The normalized spacial score (nSPS) is 14.3.